The molecule has 1 rings (SSSR count). The van der Waals surface area contributed by atoms with Gasteiger partial charge in [-0.05, 0) is 0 Å². The lowest BCUT2D eigenvalue weighted by atomic mass is 10.3. The maximum Gasteiger partial charge on any atom is 0.261 e. The molecule has 0 unspecified atom stereocenters. The van der Waals surface area contributed by atoms with E-state index in [1.165, 1.54) is 6.20 Å². The van der Waals surface area contributed by atoms with Gasteiger partial charge in [0.05, 0.1) is 12.8 Å². The van der Waals surface area contributed by atoms with Crippen LogP contribution in [0.5, 0.6) is 0 Å². The molecular formula is C9H10F2N4O. The van der Waals surface area contributed by atoms with E-state index in [4.69, 9.17) is 11.0 Å². The first kappa shape index (κ1) is 12.3. The van der Waals surface area contributed by atoms with Crippen molar-refractivity contribution in [2.24, 2.45) is 0 Å². The first-order valence-electron chi connectivity index (χ1n) is 4.51. The minimum absolute atomic E-state index is 0.0846. The van der Waals surface area contributed by atoms with Gasteiger partial charge in [-0.1, -0.05) is 0 Å². The third kappa shape index (κ3) is 3.74. The summed E-state index contributed by atoms with van der Waals surface area (Å²) in [4.78, 5) is 7.68. The van der Waals surface area contributed by atoms with Gasteiger partial charge >= 0.3 is 0 Å². The number of hydrogen-bond acceptors (Lipinski definition) is 5. The molecule has 0 spiro atoms. The van der Waals surface area contributed by atoms with Gasteiger partial charge in [0.1, 0.15) is 29.9 Å². The van der Waals surface area contributed by atoms with Crippen LogP contribution in [0.2, 0.25) is 0 Å². The summed E-state index contributed by atoms with van der Waals surface area (Å²) in [6.45, 7) is -0.512. The second kappa shape index (κ2) is 5.92. The monoisotopic (exact) mass is 228 g/mol. The molecule has 0 aliphatic heterocycles. The van der Waals surface area contributed by atoms with Gasteiger partial charge in [0, 0.05) is 6.42 Å². The summed E-state index contributed by atoms with van der Waals surface area (Å²) >= 11 is 0. The van der Waals surface area contributed by atoms with E-state index in [0.717, 1.165) is 0 Å². The molecule has 86 valence electrons. The number of nitriles is 1. The van der Waals surface area contributed by atoms with Crippen LogP contribution in [-0.4, -0.2) is 29.6 Å². The third-order valence-electron chi connectivity index (χ3n) is 1.70. The first-order valence-corrected chi connectivity index (χ1v) is 4.51. The van der Waals surface area contributed by atoms with Crippen molar-refractivity contribution in [3.63, 3.8) is 0 Å². The molecule has 0 amide bonds. The van der Waals surface area contributed by atoms with Crippen LogP contribution in [-0.2, 0) is 11.2 Å². The minimum Gasteiger partial charge on any atom is -0.382 e. The zero-order chi connectivity index (χ0) is 12.0. The van der Waals surface area contributed by atoms with Crippen LogP contribution in [0.15, 0.2) is 6.20 Å². The summed E-state index contributed by atoms with van der Waals surface area (Å²) in [7, 11) is 0. The molecule has 1 heterocycles. The van der Waals surface area contributed by atoms with Crippen LogP contribution in [0, 0.1) is 11.3 Å². The van der Waals surface area contributed by atoms with E-state index in [1.807, 2.05) is 6.07 Å². The quantitative estimate of drug-likeness (QED) is 0.752. The van der Waals surface area contributed by atoms with Gasteiger partial charge in [-0.2, -0.15) is 5.26 Å². The Balaban J connectivity index is 2.44. The fraction of sp³-hybridized carbons (Fsp3) is 0.444. The smallest absolute Gasteiger partial charge is 0.261 e. The molecule has 7 heteroatoms. The van der Waals surface area contributed by atoms with Crippen LogP contribution in [0.1, 0.15) is 11.4 Å². The Kier molecular flexibility index (Phi) is 4.54. The molecule has 0 saturated carbocycles. The fourth-order valence-electron chi connectivity index (χ4n) is 0.976. The Morgan fingerprint density at radius 3 is 2.88 bits per heavy atom. The van der Waals surface area contributed by atoms with Crippen molar-refractivity contribution >= 4 is 5.82 Å². The van der Waals surface area contributed by atoms with E-state index in [2.05, 4.69) is 14.7 Å². The molecule has 0 radical (unpaired) electrons. The van der Waals surface area contributed by atoms with E-state index < -0.39 is 13.0 Å². The van der Waals surface area contributed by atoms with E-state index >= 15 is 0 Å². The van der Waals surface area contributed by atoms with Crippen LogP contribution >= 0.6 is 0 Å². The van der Waals surface area contributed by atoms with Gasteiger partial charge in [0.15, 0.2) is 0 Å². The van der Waals surface area contributed by atoms with Gasteiger partial charge in [0.25, 0.3) is 6.43 Å². The highest BCUT2D eigenvalue weighted by Crippen LogP contribution is 2.05. The number of nitrogens with zero attached hydrogens (tertiary/aromatic N) is 3. The third-order valence-corrected chi connectivity index (χ3v) is 1.70. The van der Waals surface area contributed by atoms with Crippen LogP contribution < -0.4 is 5.73 Å². The Hall–Kier alpha value is -1.81. The Morgan fingerprint density at radius 2 is 2.31 bits per heavy atom. The average Bonchev–Trinajstić information content (AvgIpc) is 2.24. The first-order chi connectivity index (χ1) is 7.63. The van der Waals surface area contributed by atoms with Crippen molar-refractivity contribution in [2.45, 2.75) is 12.8 Å². The molecule has 16 heavy (non-hydrogen) atoms. The highest BCUT2D eigenvalue weighted by atomic mass is 19.3. The highest BCUT2D eigenvalue weighted by molar-refractivity contribution is 5.46. The van der Waals surface area contributed by atoms with E-state index in [-0.39, 0.29) is 24.4 Å². The standard InChI is InChI=1S/C9H10F2N4O/c10-7(11)5-16-2-1-8-14-4-6(3-12)9(13)15-8/h4,7H,1-2,5H2,(H2,13,14,15). The lowest BCUT2D eigenvalue weighted by Gasteiger charge is -2.03. The Morgan fingerprint density at radius 1 is 1.56 bits per heavy atom. The minimum atomic E-state index is -2.48. The normalized spacial score (nSPS) is 10.4. The fourth-order valence-corrected chi connectivity index (χ4v) is 0.976. The Labute approximate surface area is 90.9 Å². The number of alkyl halides is 2. The van der Waals surface area contributed by atoms with E-state index in [0.29, 0.717) is 5.82 Å². The van der Waals surface area contributed by atoms with Gasteiger partial charge in [-0.25, -0.2) is 18.7 Å². The molecule has 1 aromatic rings. The molecule has 0 aliphatic rings. The van der Waals surface area contributed by atoms with Crippen molar-refractivity contribution in [3.05, 3.63) is 17.6 Å². The number of aromatic nitrogens is 2. The number of hydrogen-bond donors (Lipinski definition) is 1. The highest BCUT2D eigenvalue weighted by Gasteiger charge is 2.05. The van der Waals surface area contributed by atoms with Crippen molar-refractivity contribution in [1.82, 2.24) is 9.97 Å². The number of anilines is 1. The number of ether oxygens (including phenoxy) is 1. The summed E-state index contributed by atoms with van der Waals surface area (Å²) in [6, 6.07) is 1.82. The number of rotatable bonds is 5. The molecule has 5 nitrogen and oxygen atoms in total. The van der Waals surface area contributed by atoms with E-state index in [9.17, 15) is 8.78 Å². The molecule has 1 aromatic heterocycles. The molecule has 2 N–H and O–H groups in total. The Bertz CT molecular complexity index is 392. The van der Waals surface area contributed by atoms with Gasteiger partial charge in [0.2, 0.25) is 0 Å². The molecule has 0 bridgehead atoms. The van der Waals surface area contributed by atoms with Crippen molar-refractivity contribution in [1.29, 1.82) is 5.26 Å². The van der Waals surface area contributed by atoms with Crippen LogP contribution in [0.4, 0.5) is 14.6 Å². The van der Waals surface area contributed by atoms with Crippen molar-refractivity contribution in [3.8, 4) is 6.07 Å². The predicted molar refractivity (Wildman–Crippen MR) is 51.7 cm³/mol. The predicted octanol–water partition coefficient (Wildman–Crippen LogP) is 0.755. The summed E-state index contributed by atoms with van der Waals surface area (Å²) in [6.07, 6.45) is -0.903. The topological polar surface area (TPSA) is 84.8 Å². The molecule has 0 atom stereocenters. The lowest BCUT2D eigenvalue weighted by Crippen LogP contribution is -2.09. The zero-order valence-corrected chi connectivity index (χ0v) is 8.36. The average molecular weight is 228 g/mol. The zero-order valence-electron chi connectivity index (χ0n) is 8.36. The van der Waals surface area contributed by atoms with Crippen LogP contribution in [0.25, 0.3) is 0 Å². The van der Waals surface area contributed by atoms with Gasteiger partial charge in [-0.15, -0.1) is 0 Å². The second-order valence-corrected chi connectivity index (χ2v) is 2.91. The summed E-state index contributed by atoms with van der Waals surface area (Å²) in [5, 5.41) is 8.57. The maximum absolute atomic E-state index is 11.7. The van der Waals surface area contributed by atoms with Crippen LogP contribution in [0.3, 0.4) is 0 Å². The van der Waals surface area contributed by atoms with Gasteiger partial charge < -0.3 is 10.5 Å². The lowest BCUT2D eigenvalue weighted by molar-refractivity contribution is 0.0183. The summed E-state index contributed by atoms with van der Waals surface area (Å²) < 4.78 is 28.1. The number of nitrogen functional groups attached to an aromatic ring is 1. The number of nitrogens with two attached hydrogens (primary N) is 1. The molecule has 0 saturated heterocycles. The number of halogens is 2. The summed E-state index contributed by atoms with van der Waals surface area (Å²) in [5.41, 5.74) is 5.64. The molecular weight excluding hydrogens is 218 g/mol. The van der Waals surface area contributed by atoms with Crippen molar-refractivity contribution < 1.29 is 13.5 Å². The summed E-state index contributed by atoms with van der Waals surface area (Å²) in [5.74, 6) is 0.451. The molecule has 0 fully saturated rings. The SMILES string of the molecule is N#Cc1cnc(CCOCC(F)F)nc1N. The maximum atomic E-state index is 11.7. The van der Waals surface area contributed by atoms with Gasteiger partial charge in [-0.3, -0.25) is 0 Å². The van der Waals surface area contributed by atoms with E-state index in [1.54, 1.807) is 0 Å². The molecule has 0 aliphatic carbocycles. The molecule has 0 aromatic carbocycles. The second-order valence-electron chi connectivity index (χ2n) is 2.91. The van der Waals surface area contributed by atoms with Crippen molar-refractivity contribution in [2.75, 3.05) is 18.9 Å². The largest absolute Gasteiger partial charge is 0.382 e.